The van der Waals surface area contributed by atoms with E-state index in [1.54, 1.807) is 14.2 Å². The molecule has 0 aromatic heterocycles. The van der Waals surface area contributed by atoms with E-state index in [4.69, 9.17) is 9.47 Å². The molecule has 0 heterocycles. The minimum Gasteiger partial charge on any atom is -0.357 e. The van der Waals surface area contributed by atoms with Crippen molar-refractivity contribution in [2.45, 2.75) is 19.3 Å². The predicted octanol–water partition coefficient (Wildman–Crippen LogP) is -0.360. The second-order valence-electron chi connectivity index (χ2n) is 3.00. The highest BCUT2D eigenvalue weighted by Crippen LogP contribution is 2.07. The summed E-state index contributed by atoms with van der Waals surface area (Å²) in [6.45, 7) is 7.27. The van der Waals surface area contributed by atoms with Gasteiger partial charge in [-0.1, -0.05) is 13.8 Å². The van der Waals surface area contributed by atoms with Gasteiger partial charge in [0.15, 0.2) is 5.41 Å². The van der Waals surface area contributed by atoms with Gasteiger partial charge >= 0.3 is 0 Å². The van der Waals surface area contributed by atoms with E-state index < -0.39 is 0 Å². The van der Waals surface area contributed by atoms with E-state index in [0.717, 1.165) is 29.9 Å². The van der Waals surface area contributed by atoms with Gasteiger partial charge in [0.25, 0.3) is 0 Å². The van der Waals surface area contributed by atoms with Crippen molar-refractivity contribution in [1.29, 1.82) is 0 Å². The zero-order chi connectivity index (χ0) is 9.61. The van der Waals surface area contributed by atoms with Crippen LogP contribution in [0.15, 0.2) is 0 Å². The third-order valence-electron chi connectivity index (χ3n) is 2.27. The van der Waals surface area contributed by atoms with Crippen LogP contribution < -0.4 is 0 Å². The van der Waals surface area contributed by atoms with Gasteiger partial charge in [-0.25, -0.2) is 0 Å². The molecule has 0 amide bonds. The highest BCUT2D eigenvalue weighted by atomic mass is 28.1. The Balaban J connectivity index is 3.99. The number of ether oxygens (including phenoxy) is 2. The van der Waals surface area contributed by atoms with Crippen molar-refractivity contribution in [3.8, 4) is 0 Å². The van der Waals surface area contributed by atoms with Gasteiger partial charge in [-0.15, -0.1) is 0 Å². The lowest BCUT2D eigenvalue weighted by Crippen LogP contribution is -2.46. The Kier molecular flexibility index (Phi) is 5.74. The van der Waals surface area contributed by atoms with Crippen LogP contribution in [0.4, 0.5) is 0 Å². The van der Waals surface area contributed by atoms with Crippen molar-refractivity contribution in [1.82, 2.24) is 4.90 Å². The lowest BCUT2D eigenvalue weighted by atomic mass is 10.4. The standard InChI is InChI=1S/C8H21NO2Si/c1-5-9(6-2)7-8(12,10-3)11-4/h5-7H2,1-4,12H3. The molecule has 0 aliphatic rings. The number of methoxy groups -OCH3 is 2. The molecule has 0 atom stereocenters. The molecule has 0 saturated carbocycles. The lowest BCUT2D eigenvalue weighted by Gasteiger charge is -2.32. The Morgan fingerprint density at radius 1 is 1.17 bits per heavy atom. The van der Waals surface area contributed by atoms with Gasteiger partial charge in [-0.05, 0) is 13.1 Å². The Labute approximate surface area is 78.5 Å². The molecule has 0 bridgehead atoms. The highest BCUT2D eigenvalue weighted by Gasteiger charge is 2.24. The SMILES string of the molecule is CCN(CC)CC([SiH3])(OC)OC. The number of hydrogen-bond acceptors (Lipinski definition) is 3. The second kappa shape index (κ2) is 5.69. The summed E-state index contributed by atoms with van der Waals surface area (Å²) in [5.41, 5.74) is -0.327. The van der Waals surface area contributed by atoms with E-state index in [2.05, 4.69) is 18.7 Å². The molecular weight excluding hydrogens is 170 g/mol. The molecule has 0 rings (SSSR count). The second-order valence-corrected chi connectivity index (χ2v) is 4.53. The first-order valence-electron chi connectivity index (χ1n) is 4.44. The summed E-state index contributed by atoms with van der Waals surface area (Å²) < 4.78 is 10.6. The van der Waals surface area contributed by atoms with Crippen LogP contribution >= 0.6 is 0 Å². The Morgan fingerprint density at radius 2 is 1.58 bits per heavy atom. The van der Waals surface area contributed by atoms with Crippen molar-refractivity contribution in [2.24, 2.45) is 0 Å². The van der Waals surface area contributed by atoms with E-state index >= 15 is 0 Å². The maximum Gasteiger partial charge on any atom is 0.152 e. The van der Waals surface area contributed by atoms with E-state index in [-0.39, 0.29) is 5.41 Å². The predicted molar refractivity (Wildman–Crippen MR) is 54.5 cm³/mol. The van der Waals surface area contributed by atoms with E-state index in [1.165, 1.54) is 0 Å². The molecule has 12 heavy (non-hydrogen) atoms. The van der Waals surface area contributed by atoms with Crippen molar-refractivity contribution < 1.29 is 9.47 Å². The number of nitrogens with zero attached hydrogens (tertiary/aromatic N) is 1. The monoisotopic (exact) mass is 191 g/mol. The van der Waals surface area contributed by atoms with Crippen molar-refractivity contribution in [2.75, 3.05) is 33.9 Å². The molecule has 0 aromatic carbocycles. The quantitative estimate of drug-likeness (QED) is 0.423. The fourth-order valence-electron chi connectivity index (χ4n) is 1.07. The molecule has 0 aliphatic heterocycles. The summed E-state index contributed by atoms with van der Waals surface area (Å²) in [5.74, 6) is 0. The maximum absolute atomic E-state index is 5.32. The summed E-state index contributed by atoms with van der Waals surface area (Å²) in [6, 6.07) is 0. The van der Waals surface area contributed by atoms with Gasteiger partial charge < -0.3 is 9.47 Å². The summed E-state index contributed by atoms with van der Waals surface area (Å²) in [4.78, 5) is 2.31. The molecule has 3 nitrogen and oxygen atoms in total. The zero-order valence-corrected chi connectivity index (χ0v) is 10.9. The number of likely N-dealkylation sites (N-methyl/N-ethyl adjacent to an activating group) is 1. The number of rotatable bonds is 6. The van der Waals surface area contributed by atoms with Crippen LogP contribution in [0.2, 0.25) is 0 Å². The summed E-state index contributed by atoms with van der Waals surface area (Å²) >= 11 is 0. The molecule has 0 spiro atoms. The normalized spacial score (nSPS) is 12.8. The molecule has 0 N–H and O–H groups in total. The average molecular weight is 191 g/mol. The van der Waals surface area contributed by atoms with Crippen molar-refractivity contribution in [3.05, 3.63) is 0 Å². The van der Waals surface area contributed by atoms with Gasteiger partial charge in [0.05, 0.1) is 10.2 Å². The summed E-state index contributed by atoms with van der Waals surface area (Å²) in [7, 11) is 4.31. The minimum atomic E-state index is -0.327. The molecule has 0 aliphatic carbocycles. The maximum atomic E-state index is 5.32. The Morgan fingerprint density at radius 3 is 1.83 bits per heavy atom. The van der Waals surface area contributed by atoms with Crippen molar-refractivity contribution in [3.63, 3.8) is 0 Å². The van der Waals surface area contributed by atoms with Crippen LogP contribution in [-0.4, -0.2) is 54.4 Å². The van der Waals surface area contributed by atoms with Gasteiger partial charge in [-0.2, -0.15) is 0 Å². The third kappa shape index (κ3) is 3.67. The van der Waals surface area contributed by atoms with Crippen LogP contribution in [0.5, 0.6) is 0 Å². The highest BCUT2D eigenvalue weighted by molar-refractivity contribution is 6.13. The molecule has 4 heteroatoms. The summed E-state index contributed by atoms with van der Waals surface area (Å²) in [6.07, 6.45) is 0. The molecule has 0 aromatic rings. The van der Waals surface area contributed by atoms with Crippen molar-refractivity contribution >= 4 is 10.2 Å². The molecule has 0 fully saturated rings. The topological polar surface area (TPSA) is 21.7 Å². The van der Waals surface area contributed by atoms with Crippen LogP contribution in [0.3, 0.4) is 0 Å². The zero-order valence-electron chi connectivity index (χ0n) is 8.89. The van der Waals surface area contributed by atoms with Crippen LogP contribution in [0.1, 0.15) is 13.8 Å². The van der Waals surface area contributed by atoms with Gasteiger partial charge in [0.1, 0.15) is 0 Å². The first-order valence-corrected chi connectivity index (χ1v) is 5.44. The first-order chi connectivity index (χ1) is 5.61. The fraction of sp³-hybridized carbons (Fsp3) is 1.00. The molecule has 0 saturated heterocycles. The molecular formula is C8H21NO2Si. The average Bonchev–Trinajstić information content (AvgIpc) is 2.14. The van der Waals surface area contributed by atoms with Crippen LogP contribution in [-0.2, 0) is 9.47 Å². The summed E-state index contributed by atoms with van der Waals surface area (Å²) in [5, 5.41) is 0. The fourth-order valence-corrected chi connectivity index (χ4v) is 1.51. The lowest BCUT2D eigenvalue weighted by molar-refractivity contribution is -0.153. The smallest absolute Gasteiger partial charge is 0.152 e. The first kappa shape index (κ1) is 12.1. The van der Waals surface area contributed by atoms with Crippen LogP contribution in [0.25, 0.3) is 0 Å². The largest absolute Gasteiger partial charge is 0.357 e. The Hall–Kier alpha value is 0.0969. The van der Waals surface area contributed by atoms with Gasteiger partial charge in [0, 0.05) is 20.8 Å². The molecule has 0 radical (unpaired) electrons. The minimum absolute atomic E-state index is 0.327. The Bertz CT molecular complexity index is 114. The number of hydrogen-bond donors (Lipinski definition) is 0. The van der Waals surface area contributed by atoms with Crippen LogP contribution in [0, 0.1) is 0 Å². The van der Waals surface area contributed by atoms with E-state index in [1.807, 2.05) is 0 Å². The third-order valence-corrected chi connectivity index (χ3v) is 3.40. The molecule has 74 valence electrons. The van der Waals surface area contributed by atoms with E-state index in [9.17, 15) is 0 Å². The van der Waals surface area contributed by atoms with E-state index in [0.29, 0.717) is 0 Å². The van der Waals surface area contributed by atoms with Gasteiger partial charge in [0.2, 0.25) is 0 Å². The molecule has 0 unspecified atom stereocenters. The van der Waals surface area contributed by atoms with Gasteiger partial charge in [-0.3, -0.25) is 4.90 Å².